The second-order valence-electron chi connectivity index (χ2n) is 10.5. The summed E-state index contributed by atoms with van der Waals surface area (Å²) >= 11 is 0. The van der Waals surface area contributed by atoms with Gasteiger partial charge in [0.15, 0.2) is 11.2 Å². The monoisotopic (exact) mass is 541 g/mol. The van der Waals surface area contributed by atoms with Crippen LogP contribution in [0.15, 0.2) is 86.5 Å². The van der Waals surface area contributed by atoms with Crippen LogP contribution < -0.4 is 15.5 Å². The second-order valence-corrected chi connectivity index (χ2v) is 10.5. The fraction of sp³-hybridized carbons (Fsp3) is 0.344. The number of dihydropyridines is 1. The number of carbonyl (C=O) groups excluding carboxylic acids is 2. The maximum atomic E-state index is 13.9. The highest BCUT2D eigenvalue weighted by Gasteiger charge is 2.43. The maximum absolute atomic E-state index is 13.9. The zero-order valence-electron chi connectivity index (χ0n) is 22.5. The summed E-state index contributed by atoms with van der Waals surface area (Å²) in [5.74, 6) is -1.04. The van der Waals surface area contributed by atoms with Crippen LogP contribution in [0.2, 0.25) is 0 Å². The van der Waals surface area contributed by atoms with E-state index in [1.165, 1.54) is 6.26 Å². The number of Topliss-reactive ketones (excluding diaryl/α,β-unsaturated/α-hetero) is 1. The smallest absolute Gasteiger partial charge is 0.336 e. The minimum atomic E-state index is -0.916. The van der Waals surface area contributed by atoms with Crippen molar-refractivity contribution in [1.29, 1.82) is 0 Å². The highest BCUT2D eigenvalue weighted by Crippen LogP contribution is 2.46. The van der Waals surface area contributed by atoms with Gasteiger partial charge in [-0.05, 0) is 49.9 Å². The Labute approximate surface area is 231 Å². The second kappa shape index (κ2) is 10.8. The molecule has 1 N–H and O–H groups in total. The summed E-state index contributed by atoms with van der Waals surface area (Å²) in [5.41, 5.74) is 3.22. The van der Waals surface area contributed by atoms with Gasteiger partial charge in [0.2, 0.25) is 0 Å². The minimum absolute atomic E-state index is 0.115. The number of rotatable bonds is 6. The summed E-state index contributed by atoms with van der Waals surface area (Å²) in [6.45, 7) is 2.54. The summed E-state index contributed by atoms with van der Waals surface area (Å²) in [4.78, 5) is 41.4. The fourth-order valence-corrected chi connectivity index (χ4v) is 6.16. The molecule has 3 aliphatic rings. The molecule has 0 spiro atoms. The van der Waals surface area contributed by atoms with Crippen molar-refractivity contribution in [3.63, 3.8) is 0 Å². The average Bonchev–Trinajstić information content (AvgIpc) is 3.49. The molecule has 2 aromatic carbocycles. The lowest BCUT2D eigenvalue weighted by atomic mass is 9.71. The van der Waals surface area contributed by atoms with Gasteiger partial charge in [-0.1, -0.05) is 30.3 Å². The molecule has 3 heterocycles. The number of hydrogen-bond acceptors (Lipinski definition) is 8. The first-order valence-corrected chi connectivity index (χ1v) is 13.6. The molecule has 1 aliphatic carbocycles. The van der Waals surface area contributed by atoms with Gasteiger partial charge in [0.1, 0.15) is 17.9 Å². The Morgan fingerprint density at radius 2 is 1.85 bits per heavy atom. The van der Waals surface area contributed by atoms with Gasteiger partial charge in [-0.15, -0.1) is 0 Å². The van der Waals surface area contributed by atoms with Gasteiger partial charge in [-0.2, -0.15) is 0 Å². The summed E-state index contributed by atoms with van der Waals surface area (Å²) in [7, 11) is 1.61. The number of esters is 1. The zero-order valence-corrected chi connectivity index (χ0v) is 22.5. The molecule has 8 nitrogen and oxygen atoms in total. The number of allylic oxidation sites excluding steroid dienone is 3. The molecule has 1 fully saturated rings. The molecule has 1 aromatic heterocycles. The van der Waals surface area contributed by atoms with Gasteiger partial charge in [-0.3, -0.25) is 9.59 Å². The molecule has 2 aliphatic heterocycles. The molecule has 3 atom stereocenters. The van der Waals surface area contributed by atoms with E-state index in [1.54, 1.807) is 38.3 Å². The van der Waals surface area contributed by atoms with Crippen molar-refractivity contribution in [2.45, 2.75) is 50.5 Å². The highest BCUT2D eigenvalue weighted by molar-refractivity contribution is 6.04. The minimum Gasteiger partial charge on any atom is -0.496 e. The van der Waals surface area contributed by atoms with E-state index in [1.807, 2.05) is 24.3 Å². The Bertz CT molecular complexity index is 1610. The third kappa shape index (κ3) is 4.62. The van der Waals surface area contributed by atoms with Crippen molar-refractivity contribution in [1.82, 2.24) is 5.32 Å². The van der Waals surface area contributed by atoms with Gasteiger partial charge in [0.05, 0.1) is 36.4 Å². The van der Waals surface area contributed by atoms with E-state index < -0.39 is 11.9 Å². The Kier molecular flexibility index (Phi) is 7.02. The van der Waals surface area contributed by atoms with Crippen molar-refractivity contribution < 1.29 is 28.2 Å². The summed E-state index contributed by atoms with van der Waals surface area (Å²) in [5, 5.41) is 3.72. The zero-order chi connectivity index (χ0) is 27.8. The first kappa shape index (κ1) is 26.1. The first-order valence-electron chi connectivity index (χ1n) is 13.6. The van der Waals surface area contributed by atoms with E-state index in [9.17, 15) is 14.4 Å². The van der Waals surface area contributed by atoms with Gasteiger partial charge in [0.25, 0.3) is 0 Å². The van der Waals surface area contributed by atoms with Crippen LogP contribution in [-0.4, -0.2) is 38.2 Å². The van der Waals surface area contributed by atoms with E-state index in [0.29, 0.717) is 41.0 Å². The van der Waals surface area contributed by atoms with E-state index in [-0.39, 0.29) is 47.4 Å². The van der Waals surface area contributed by atoms with Crippen molar-refractivity contribution in [2.75, 3.05) is 20.3 Å². The molecule has 6 rings (SSSR count). The first-order chi connectivity index (χ1) is 19.5. The summed E-state index contributed by atoms with van der Waals surface area (Å²) < 4.78 is 22.8. The lowest BCUT2D eigenvalue weighted by molar-refractivity contribution is -0.142. The van der Waals surface area contributed by atoms with E-state index in [0.717, 1.165) is 24.2 Å². The Morgan fingerprint density at radius 3 is 2.65 bits per heavy atom. The van der Waals surface area contributed by atoms with Crippen LogP contribution in [0.3, 0.4) is 0 Å². The van der Waals surface area contributed by atoms with Crippen molar-refractivity contribution in [2.24, 2.45) is 0 Å². The molecule has 0 radical (unpaired) electrons. The van der Waals surface area contributed by atoms with Crippen molar-refractivity contribution in [3.05, 3.63) is 98.7 Å². The number of carbonyl (C=O) groups is 2. The average molecular weight is 542 g/mol. The Morgan fingerprint density at radius 1 is 1.05 bits per heavy atom. The van der Waals surface area contributed by atoms with Crippen LogP contribution in [0, 0.1) is 0 Å². The van der Waals surface area contributed by atoms with Crippen molar-refractivity contribution in [3.8, 4) is 5.75 Å². The quantitative estimate of drug-likeness (QED) is 0.440. The number of benzene rings is 2. The Balaban J connectivity index is 1.44. The van der Waals surface area contributed by atoms with Crippen LogP contribution in [0.1, 0.15) is 55.6 Å². The van der Waals surface area contributed by atoms with E-state index >= 15 is 0 Å². The predicted molar refractivity (Wildman–Crippen MR) is 148 cm³/mol. The number of hydrogen-bond donors (Lipinski definition) is 1. The van der Waals surface area contributed by atoms with Gasteiger partial charge in [0, 0.05) is 41.5 Å². The third-order valence-electron chi connectivity index (χ3n) is 8.07. The molecule has 206 valence electrons. The van der Waals surface area contributed by atoms with Gasteiger partial charge < -0.3 is 23.9 Å². The van der Waals surface area contributed by atoms with Gasteiger partial charge >= 0.3 is 5.97 Å². The van der Waals surface area contributed by atoms with Gasteiger partial charge in [-0.25, -0.2) is 4.79 Å². The molecule has 8 heteroatoms. The molecule has 0 saturated carbocycles. The highest BCUT2D eigenvalue weighted by atomic mass is 16.6. The number of para-hydroxylation sites is 2. The van der Waals surface area contributed by atoms with E-state index in [4.69, 9.17) is 18.6 Å². The number of ketones is 1. The number of fused-ring (bicyclic) bond motifs is 1. The molecular formula is C32H31NO7. The lowest BCUT2D eigenvalue weighted by Crippen LogP contribution is -2.38. The molecule has 40 heavy (non-hydrogen) atoms. The molecular weight excluding hydrogens is 510 g/mol. The van der Waals surface area contributed by atoms with Crippen LogP contribution in [-0.2, 0) is 19.1 Å². The molecule has 0 amide bonds. The normalized spacial score (nSPS) is 22.8. The topological polar surface area (TPSA) is 104 Å². The predicted octanol–water partition coefficient (Wildman–Crippen LogP) is 4.89. The van der Waals surface area contributed by atoms with Crippen LogP contribution >= 0.6 is 0 Å². The fourth-order valence-electron chi connectivity index (χ4n) is 6.16. The standard InChI is InChI=1S/C32H31NO7/c1-18-28(32(36)40-16-20-8-7-13-38-20)29(23-17-39-27-12-6-4-10-22(27)31(23)35)30-24(33-18)14-19(15-25(30)34)21-9-3-5-11-26(21)37-2/h3-6,9-12,17,19-20,29,33H,7-8,13-16H2,1-2H3/t19-,20+,29-/m0/s1. The van der Waals surface area contributed by atoms with E-state index in [2.05, 4.69) is 5.32 Å². The largest absolute Gasteiger partial charge is 0.496 e. The van der Waals surface area contributed by atoms with Crippen LogP contribution in [0.4, 0.5) is 0 Å². The SMILES string of the molecule is COc1ccccc1[C@@H]1CC(=O)C2=C(C1)NC(C)=C(C(=O)OC[C@H]1CCCO1)[C@@H]2c1coc2ccccc2c1=O. The summed E-state index contributed by atoms with van der Waals surface area (Å²) in [6.07, 6.45) is 3.70. The molecule has 3 aromatic rings. The number of nitrogens with one attached hydrogen (secondary N) is 1. The molecule has 0 unspecified atom stereocenters. The van der Waals surface area contributed by atoms with Crippen molar-refractivity contribution >= 4 is 22.7 Å². The van der Waals surface area contributed by atoms with Crippen LogP contribution in [0.25, 0.3) is 11.0 Å². The number of methoxy groups -OCH3 is 1. The maximum Gasteiger partial charge on any atom is 0.336 e. The summed E-state index contributed by atoms with van der Waals surface area (Å²) in [6, 6.07) is 14.6. The Hall–Kier alpha value is -4.17. The number of ether oxygens (including phenoxy) is 3. The lowest BCUT2D eigenvalue weighted by Gasteiger charge is -2.36. The van der Waals surface area contributed by atoms with Crippen LogP contribution in [0.5, 0.6) is 5.75 Å². The molecule has 1 saturated heterocycles. The molecule has 0 bridgehead atoms. The third-order valence-corrected chi connectivity index (χ3v) is 8.07.